The Balaban J connectivity index is 0.00000280. The molecule has 0 aliphatic rings. The summed E-state index contributed by atoms with van der Waals surface area (Å²) >= 11 is 0. The molecule has 1 aromatic heterocycles. The minimum Gasteiger partial charge on any atom is -0.492 e. The summed E-state index contributed by atoms with van der Waals surface area (Å²) < 4.78 is 7.71. The molecule has 28 heavy (non-hydrogen) atoms. The lowest BCUT2D eigenvalue weighted by Crippen LogP contribution is -2.39. The van der Waals surface area contributed by atoms with Crippen molar-refractivity contribution in [2.45, 2.75) is 13.5 Å². The molecule has 0 unspecified atom stereocenters. The van der Waals surface area contributed by atoms with Crippen LogP contribution in [0.3, 0.4) is 0 Å². The Hall–Kier alpha value is -2.55. The van der Waals surface area contributed by atoms with Crippen molar-refractivity contribution in [2.24, 2.45) is 4.99 Å². The van der Waals surface area contributed by atoms with Crippen LogP contribution in [-0.4, -0.2) is 35.2 Å². The molecule has 0 bridgehead atoms. The van der Waals surface area contributed by atoms with E-state index in [2.05, 4.69) is 34.7 Å². The molecule has 1 heterocycles. The largest absolute Gasteiger partial charge is 0.492 e. The van der Waals surface area contributed by atoms with E-state index in [1.54, 1.807) is 12.5 Å². The third kappa shape index (κ3) is 6.56. The third-order valence-corrected chi connectivity index (χ3v) is 3.93. The summed E-state index contributed by atoms with van der Waals surface area (Å²) in [4.78, 5) is 8.83. The van der Waals surface area contributed by atoms with Gasteiger partial charge in [-0.05, 0) is 30.7 Å². The van der Waals surface area contributed by atoms with Crippen LogP contribution in [0.15, 0.2) is 78.3 Å². The zero-order chi connectivity index (χ0) is 18.7. The molecular formula is C21H26IN5O. The highest BCUT2D eigenvalue weighted by molar-refractivity contribution is 14.0. The first-order valence-corrected chi connectivity index (χ1v) is 9.13. The number of hydrogen-bond acceptors (Lipinski definition) is 3. The number of aromatic nitrogens is 2. The third-order valence-electron chi connectivity index (χ3n) is 3.93. The molecule has 0 aliphatic heterocycles. The molecule has 0 saturated carbocycles. The number of para-hydroxylation sites is 2. The van der Waals surface area contributed by atoms with Gasteiger partial charge >= 0.3 is 0 Å². The highest BCUT2D eigenvalue weighted by Gasteiger charge is 2.04. The number of rotatable bonds is 8. The minimum absolute atomic E-state index is 0. The lowest BCUT2D eigenvalue weighted by molar-refractivity contribution is 0.322. The van der Waals surface area contributed by atoms with E-state index < -0.39 is 0 Å². The van der Waals surface area contributed by atoms with Gasteiger partial charge in [-0.2, -0.15) is 0 Å². The molecule has 0 spiro atoms. The van der Waals surface area contributed by atoms with Crippen LogP contribution in [0.1, 0.15) is 12.5 Å². The maximum Gasteiger partial charge on any atom is 0.191 e. The van der Waals surface area contributed by atoms with Gasteiger partial charge in [-0.25, -0.2) is 9.98 Å². The number of guanidine groups is 1. The zero-order valence-electron chi connectivity index (χ0n) is 15.9. The van der Waals surface area contributed by atoms with E-state index in [1.807, 2.05) is 53.2 Å². The van der Waals surface area contributed by atoms with Crippen molar-refractivity contribution >= 4 is 29.9 Å². The van der Waals surface area contributed by atoms with Gasteiger partial charge in [0.1, 0.15) is 12.4 Å². The first-order chi connectivity index (χ1) is 13.4. The number of nitrogens with zero attached hydrogens (tertiary/aromatic N) is 3. The molecule has 0 atom stereocenters. The maximum absolute atomic E-state index is 5.71. The quantitative estimate of drug-likeness (QED) is 0.219. The van der Waals surface area contributed by atoms with Gasteiger partial charge in [0, 0.05) is 18.9 Å². The Labute approximate surface area is 183 Å². The van der Waals surface area contributed by atoms with Gasteiger partial charge in [-0.3, -0.25) is 0 Å². The van der Waals surface area contributed by atoms with E-state index in [0.29, 0.717) is 19.7 Å². The number of benzene rings is 2. The Morgan fingerprint density at radius 2 is 1.86 bits per heavy atom. The van der Waals surface area contributed by atoms with Crippen molar-refractivity contribution in [1.82, 2.24) is 20.2 Å². The Morgan fingerprint density at radius 3 is 2.61 bits per heavy atom. The normalized spacial score (nSPS) is 10.8. The summed E-state index contributed by atoms with van der Waals surface area (Å²) in [5, 5.41) is 6.58. The second kappa shape index (κ2) is 12.0. The van der Waals surface area contributed by atoms with Gasteiger partial charge in [-0.1, -0.05) is 36.4 Å². The summed E-state index contributed by atoms with van der Waals surface area (Å²) in [6.45, 7) is 4.67. The molecule has 0 saturated heterocycles. The second-order valence-corrected chi connectivity index (χ2v) is 5.88. The van der Waals surface area contributed by atoms with Crippen molar-refractivity contribution in [2.75, 3.05) is 19.7 Å². The zero-order valence-corrected chi connectivity index (χ0v) is 18.2. The Kier molecular flexibility index (Phi) is 9.33. The van der Waals surface area contributed by atoms with E-state index in [4.69, 9.17) is 9.73 Å². The maximum atomic E-state index is 5.71. The van der Waals surface area contributed by atoms with Crippen molar-refractivity contribution in [1.29, 1.82) is 0 Å². The SMILES string of the molecule is CCNC(=NCc1ccccc1-n1ccnc1)NCCOc1ccccc1.I. The number of hydrogen-bond donors (Lipinski definition) is 2. The molecule has 2 N–H and O–H groups in total. The van der Waals surface area contributed by atoms with E-state index >= 15 is 0 Å². The monoisotopic (exact) mass is 491 g/mol. The van der Waals surface area contributed by atoms with E-state index in [-0.39, 0.29) is 24.0 Å². The molecule has 3 rings (SSSR count). The van der Waals surface area contributed by atoms with E-state index in [9.17, 15) is 0 Å². The first-order valence-electron chi connectivity index (χ1n) is 9.13. The van der Waals surface area contributed by atoms with Gasteiger partial charge in [0.2, 0.25) is 0 Å². The summed E-state index contributed by atoms with van der Waals surface area (Å²) in [7, 11) is 0. The van der Waals surface area contributed by atoms with Crippen LogP contribution in [0, 0.1) is 0 Å². The molecule has 0 aliphatic carbocycles. The summed E-state index contributed by atoms with van der Waals surface area (Å²) in [6.07, 6.45) is 5.51. The predicted octanol–water partition coefficient (Wildman–Crippen LogP) is 3.62. The van der Waals surface area contributed by atoms with Crippen LogP contribution in [-0.2, 0) is 6.54 Å². The number of halogens is 1. The number of imidazole rings is 1. The fourth-order valence-corrected chi connectivity index (χ4v) is 2.66. The van der Waals surface area contributed by atoms with Gasteiger partial charge < -0.3 is 19.9 Å². The minimum atomic E-state index is 0. The highest BCUT2D eigenvalue weighted by atomic mass is 127. The van der Waals surface area contributed by atoms with Crippen molar-refractivity contribution in [3.63, 3.8) is 0 Å². The summed E-state index contributed by atoms with van der Waals surface area (Å²) in [5.74, 6) is 1.64. The molecule has 7 heteroatoms. The van der Waals surface area contributed by atoms with Gasteiger partial charge in [0.05, 0.1) is 25.1 Å². The smallest absolute Gasteiger partial charge is 0.191 e. The van der Waals surface area contributed by atoms with Crippen molar-refractivity contribution in [3.05, 3.63) is 78.9 Å². The molecule has 3 aromatic rings. The molecule has 0 fully saturated rings. The molecular weight excluding hydrogens is 465 g/mol. The van der Waals surface area contributed by atoms with Crippen molar-refractivity contribution < 1.29 is 4.74 Å². The van der Waals surface area contributed by atoms with E-state index in [0.717, 1.165) is 29.5 Å². The van der Waals surface area contributed by atoms with Crippen LogP contribution >= 0.6 is 24.0 Å². The Morgan fingerprint density at radius 1 is 1.07 bits per heavy atom. The molecule has 148 valence electrons. The first kappa shape index (κ1) is 21.7. The average Bonchev–Trinajstić information content (AvgIpc) is 3.25. The molecule has 2 aromatic carbocycles. The van der Waals surface area contributed by atoms with Gasteiger partial charge in [0.15, 0.2) is 5.96 Å². The average molecular weight is 491 g/mol. The number of aliphatic imine (C=N–C) groups is 1. The topological polar surface area (TPSA) is 63.5 Å². The standard InChI is InChI=1S/C21H25N5O.HI/c1-2-23-21(24-13-15-27-19-9-4-3-5-10-19)25-16-18-8-6-7-11-20(18)26-14-12-22-17-26;/h3-12,14,17H,2,13,15-16H2,1H3,(H2,23,24,25);1H. The lowest BCUT2D eigenvalue weighted by atomic mass is 10.2. The van der Waals surface area contributed by atoms with Crippen LogP contribution in [0.2, 0.25) is 0 Å². The molecule has 0 amide bonds. The van der Waals surface area contributed by atoms with Crippen LogP contribution < -0.4 is 15.4 Å². The van der Waals surface area contributed by atoms with Gasteiger partial charge in [0.25, 0.3) is 0 Å². The number of nitrogens with one attached hydrogen (secondary N) is 2. The fraction of sp³-hybridized carbons (Fsp3) is 0.238. The fourth-order valence-electron chi connectivity index (χ4n) is 2.66. The van der Waals surface area contributed by atoms with Crippen LogP contribution in [0.25, 0.3) is 5.69 Å². The molecule has 6 nitrogen and oxygen atoms in total. The summed E-state index contributed by atoms with van der Waals surface area (Å²) in [6, 6.07) is 18.0. The van der Waals surface area contributed by atoms with Gasteiger partial charge in [-0.15, -0.1) is 24.0 Å². The predicted molar refractivity (Wildman–Crippen MR) is 124 cm³/mol. The molecule has 0 radical (unpaired) electrons. The van der Waals surface area contributed by atoms with E-state index in [1.165, 1.54) is 0 Å². The summed E-state index contributed by atoms with van der Waals surface area (Å²) in [5.41, 5.74) is 2.22. The Bertz CT molecular complexity index is 837. The highest BCUT2D eigenvalue weighted by Crippen LogP contribution is 2.15. The number of ether oxygens (including phenoxy) is 1. The lowest BCUT2D eigenvalue weighted by Gasteiger charge is -2.13. The second-order valence-electron chi connectivity index (χ2n) is 5.88. The van der Waals surface area contributed by atoms with Crippen molar-refractivity contribution in [3.8, 4) is 11.4 Å². The van der Waals surface area contributed by atoms with Crippen LogP contribution in [0.4, 0.5) is 0 Å². The van der Waals surface area contributed by atoms with Crippen LogP contribution in [0.5, 0.6) is 5.75 Å².